The second kappa shape index (κ2) is 6.28. The number of rotatable bonds is 5. The van der Waals surface area contributed by atoms with Crippen LogP contribution in [0.5, 0.6) is 0 Å². The largest absolute Gasteiger partial charge is 0.332 e. The second-order valence-corrected chi connectivity index (χ2v) is 5.40. The molecule has 0 aliphatic carbocycles. The molecule has 2 aromatic rings. The summed E-state index contributed by atoms with van der Waals surface area (Å²) in [6, 6.07) is 0.271. The van der Waals surface area contributed by atoms with E-state index in [4.69, 9.17) is 16.1 Å². The van der Waals surface area contributed by atoms with E-state index in [0.717, 1.165) is 0 Å². The summed E-state index contributed by atoms with van der Waals surface area (Å²) in [5.74, 6) is 1.87. The van der Waals surface area contributed by atoms with Crippen LogP contribution in [0.3, 0.4) is 0 Å². The number of likely N-dealkylation sites (N-methyl/N-ethyl adjacent to an activating group) is 1. The van der Waals surface area contributed by atoms with Crippen molar-refractivity contribution in [1.29, 1.82) is 0 Å². The second-order valence-electron chi connectivity index (χ2n) is 4.99. The minimum Gasteiger partial charge on any atom is -0.332 e. The third-order valence-electron chi connectivity index (χ3n) is 2.93. The predicted octanol–water partition coefficient (Wildman–Crippen LogP) is 2.45. The summed E-state index contributed by atoms with van der Waals surface area (Å²) in [6.07, 6.45) is 2.25. The van der Waals surface area contributed by atoms with Crippen LogP contribution in [0.25, 0.3) is 11.6 Å². The van der Waals surface area contributed by atoms with Gasteiger partial charge in [-0.05, 0) is 14.0 Å². The van der Waals surface area contributed by atoms with Gasteiger partial charge < -0.3 is 9.84 Å². The summed E-state index contributed by atoms with van der Waals surface area (Å²) < 4.78 is 5.25. The lowest BCUT2D eigenvalue weighted by atomic mass is 10.2. The highest BCUT2D eigenvalue weighted by molar-refractivity contribution is 6.32. The summed E-state index contributed by atoms with van der Waals surface area (Å²) in [5.41, 5.74) is 0.487. The molecule has 6 nitrogen and oxygen atoms in total. The molecule has 1 atom stereocenters. The van der Waals surface area contributed by atoms with E-state index in [-0.39, 0.29) is 12.0 Å². The van der Waals surface area contributed by atoms with Crippen LogP contribution in [-0.2, 0) is 6.42 Å². The Hall–Kier alpha value is -1.53. The van der Waals surface area contributed by atoms with E-state index in [2.05, 4.69) is 25.4 Å². The van der Waals surface area contributed by atoms with E-state index in [0.29, 0.717) is 34.7 Å². The molecule has 1 unspecified atom stereocenters. The van der Waals surface area contributed by atoms with Crippen LogP contribution in [0.2, 0.25) is 5.02 Å². The first kappa shape index (κ1) is 14.9. The fourth-order valence-electron chi connectivity index (χ4n) is 1.62. The van der Waals surface area contributed by atoms with Crippen molar-refractivity contribution in [2.45, 2.75) is 39.2 Å². The molecule has 0 saturated carbocycles. The molecule has 108 valence electrons. The molecule has 0 radical (unpaired) electrons. The standard InChI is InChI=1S/C13H18ClN5O/c1-7(2)12-16-6-9(14)11(18-12)13-17-10(19-20-13)5-8(3)15-4/h6-8,15H,5H2,1-4H3. The number of nitrogens with one attached hydrogen (secondary N) is 1. The molecule has 2 rings (SSSR count). The van der Waals surface area contributed by atoms with Gasteiger partial charge in [-0.3, -0.25) is 0 Å². The Morgan fingerprint density at radius 3 is 2.70 bits per heavy atom. The lowest BCUT2D eigenvalue weighted by Gasteiger charge is -2.05. The summed E-state index contributed by atoms with van der Waals surface area (Å²) in [6.45, 7) is 6.08. The van der Waals surface area contributed by atoms with Crippen molar-refractivity contribution in [2.75, 3.05) is 7.05 Å². The van der Waals surface area contributed by atoms with Gasteiger partial charge in [0.2, 0.25) is 0 Å². The first-order valence-electron chi connectivity index (χ1n) is 6.54. The van der Waals surface area contributed by atoms with Crippen LogP contribution in [0, 0.1) is 0 Å². The van der Waals surface area contributed by atoms with E-state index in [1.54, 1.807) is 6.20 Å². The Kier molecular flexibility index (Phi) is 4.67. The zero-order chi connectivity index (χ0) is 14.7. The Morgan fingerprint density at radius 1 is 1.30 bits per heavy atom. The number of aromatic nitrogens is 4. The van der Waals surface area contributed by atoms with Crippen molar-refractivity contribution in [2.24, 2.45) is 0 Å². The molecule has 0 aliphatic heterocycles. The van der Waals surface area contributed by atoms with E-state index < -0.39 is 0 Å². The summed E-state index contributed by atoms with van der Waals surface area (Å²) >= 11 is 6.11. The monoisotopic (exact) mass is 295 g/mol. The predicted molar refractivity (Wildman–Crippen MR) is 76.6 cm³/mol. The van der Waals surface area contributed by atoms with Crippen molar-refractivity contribution in [3.05, 3.63) is 22.9 Å². The van der Waals surface area contributed by atoms with Gasteiger partial charge in [-0.15, -0.1) is 0 Å². The molecule has 2 heterocycles. The highest BCUT2D eigenvalue weighted by Gasteiger charge is 2.17. The van der Waals surface area contributed by atoms with Crippen molar-refractivity contribution in [3.8, 4) is 11.6 Å². The van der Waals surface area contributed by atoms with Crippen molar-refractivity contribution in [3.63, 3.8) is 0 Å². The van der Waals surface area contributed by atoms with Gasteiger partial charge in [-0.25, -0.2) is 9.97 Å². The van der Waals surface area contributed by atoms with E-state index >= 15 is 0 Å². The number of hydrogen-bond donors (Lipinski definition) is 1. The smallest absolute Gasteiger partial charge is 0.278 e. The van der Waals surface area contributed by atoms with Crippen LogP contribution < -0.4 is 5.32 Å². The van der Waals surface area contributed by atoms with Gasteiger partial charge in [-0.1, -0.05) is 30.6 Å². The summed E-state index contributed by atoms with van der Waals surface area (Å²) in [4.78, 5) is 12.9. The topological polar surface area (TPSA) is 76.7 Å². The molecule has 1 N–H and O–H groups in total. The summed E-state index contributed by atoms with van der Waals surface area (Å²) in [7, 11) is 1.89. The molecule has 20 heavy (non-hydrogen) atoms. The normalized spacial score (nSPS) is 12.9. The van der Waals surface area contributed by atoms with Crippen LogP contribution >= 0.6 is 11.6 Å². The first-order chi connectivity index (χ1) is 9.51. The minimum atomic E-state index is 0.206. The average molecular weight is 296 g/mol. The summed E-state index contributed by atoms with van der Waals surface area (Å²) in [5, 5.41) is 7.48. The minimum absolute atomic E-state index is 0.206. The van der Waals surface area contributed by atoms with Crippen molar-refractivity contribution >= 4 is 11.6 Å². The Labute approximate surface area is 123 Å². The fourth-order valence-corrected chi connectivity index (χ4v) is 1.79. The maximum Gasteiger partial charge on any atom is 0.278 e. The molecular weight excluding hydrogens is 278 g/mol. The Morgan fingerprint density at radius 2 is 2.05 bits per heavy atom. The first-order valence-corrected chi connectivity index (χ1v) is 6.91. The number of hydrogen-bond acceptors (Lipinski definition) is 6. The zero-order valence-corrected chi connectivity index (χ0v) is 12.8. The molecule has 0 fully saturated rings. The van der Waals surface area contributed by atoms with E-state index in [1.807, 2.05) is 27.8 Å². The number of halogens is 1. The van der Waals surface area contributed by atoms with Crippen molar-refractivity contribution < 1.29 is 4.52 Å². The number of nitrogens with zero attached hydrogens (tertiary/aromatic N) is 4. The molecule has 0 saturated heterocycles. The highest BCUT2D eigenvalue weighted by Crippen LogP contribution is 2.25. The Bertz CT molecular complexity index is 584. The quantitative estimate of drug-likeness (QED) is 0.913. The lowest BCUT2D eigenvalue weighted by Crippen LogP contribution is -2.24. The molecule has 0 aliphatic rings. The maximum absolute atomic E-state index is 6.11. The molecule has 0 spiro atoms. The fraction of sp³-hybridized carbons (Fsp3) is 0.538. The van der Waals surface area contributed by atoms with Crippen LogP contribution in [0.1, 0.15) is 38.3 Å². The van der Waals surface area contributed by atoms with Gasteiger partial charge in [0.05, 0.1) is 11.2 Å². The van der Waals surface area contributed by atoms with Gasteiger partial charge in [0, 0.05) is 18.4 Å². The SMILES string of the molecule is CNC(C)Cc1noc(-c2nc(C(C)C)ncc2Cl)n1. The molecule has 0 aromatic carbocycles. The third-order valence-corrected chi connectivity index (χ3v) is 3.21. The van der Waals surface area contributed by atoms with Crippen LogP contribution in [-0.4, -0.2) is 33.2 Å². The molecule has 2 aromatic heterocycles. The molecule has 0 bridgehead atoms. The average Bonchev–Trinajstić information content (AvgIpc) is 2.87. The van der Waals surface area contributed by atoms with Crippen molar-refractivity contribution in [1.82, 2.24) is 25.4 Å². The van der Waals surface area contributed by atoms with Gasteiger partial charge >= 0.3 is 0 Å². The zero-order valence-electron chi connectivity index (χ0n) is 12.0. The van der Waals surface area contributed by atoms with Gasteiger partial charge in [-0.2, -0.15) is 4.98 Å². The third kappa shape index (κ3) is 3.32. The van der Waals surface area contributed by atoms with Gasteiger partial charge in [0.15, 0.2) is 11.5 Å². The maximum atomic E-state index is 6.11. The van der Waals surface area contributed by atoms with Gasteiger partial charge in [0.1, 0.15) is 5.82 Å². The Balaban J connectivity index is 2.29. The molecule has 0 amide bonds. The molecule has 7 heteroatoms. The van der Waals surface area contributed by atoms with Gasteiger partial charge in [0.25, 0.3) is 5.89 Å². The lowest BCUT2D eigenvalue weighted by molar-refractivity contribution is 0.417. The highest BCUT2D eigenvalue weighted by atomic mass is 35.5. The molecular formula is C13H18ClN5O. The van der Waals surface area contributed by atoms with Crippen LogP contribution in [0.15, 0.2) is 10.7 Å². The van der Waals surface area contributed by atoms with E-state index in [9.17, 15) is 0 Å². The van der Waals surface area contributed by atoms with Crippen LogP contribution in [0.4, 0.5) is 0 Å². The van der Waals surface area contributed by atoms with E-state index in [1.165, 1.54) is 0 Å².